The van der Waals surface area contributed by atoms with Gasteiger partial charge >= 0.3 is 0 Å². The molecule has 1 aliphatic heterocycles. The highest BCUT2D eigenvalue weighted by Gasteiger charge is 2.34. The molecule has 2 aromatic rings. The number of amidine groups is 1. The van der Waals surface area contributed by atoms with Crippen molar-refractivity contribution in [1.82, 2.24) is 4.90 Å². The van der Waals surface area contributed by atoms with Crippen molar-refractivity contribution in [3.8, 4) is 0 Å². The second-order valence-corrected chi connectivity index (χ2v) is 8.97. The lowest BCUT2D eigenvalue weighted by atomic mass is 10.2. The molecule has 3 rings (SSSR count). The van der Waals surface area contributed by atoms with Gasteiger partial charge in [0, 0.05) is 18.7 Å². The van der Waals surface area contributed by atoms with Gasteiger partial charge in [0.15, 0.2) is 5.17 Å². The van der Waals surface area contributed by atoms with E-state index in [-0.39, 0.29) is 28.2 Å². The number of carbonyl (C=O) groups excluding carboxylic acids is 1. The van der Waals surface area contributed by atoms with Crippen LogP contribution in [0.5, 0.6) is 0 Å². The number of sulfonamides is 1. The third kappa shape index (κ3) is 4.60. The summed E-state index contributed by atoms with van der Waals surface area (Å²) in [6, 6.07) is 12.2. The lowest BCUT2D eigenvalue weighted by Crippen LogP contribution is -2.29. The third-order valence-electron chi connectivity index (χ3n) is 4.43. The molecule has 0 unspecified atom stereocenters. The number of nitro benzene ring substituents is 1. The number of nitrogens with zero attached hydrogens (tertiary/aromatic N) is 3. The quantitative estimate of drug-likeness (QED) is 0.380. The van der Waals surface area contributed by atoms with Crippen molar-refractivity contribution >= 4 is 44.6 Å². The van der Waals surface area contributed by atoms with Gasteiger partial charge in [0.1, 0.15) is 0 Å². The number of benzene rings is 2. The molecule has 1 saturated heterocycles. The van der Waals surface area contributed by atoms with Crippen LogP contribution in [0.15, 0.2) is 62.7 Å². The smallest absolute Gasteiger partial charge is 0.284 e. The number of amides is 1. The molecule has 0 N–H and O–H groups in total. The molecule has 0 spiro atoms. The minimum Gasteiger partial charge on any atom is -0.286 e. The van der Waals surface area contributed by atoms with Crippen LogP contribution in [0, 0.1) is 10.1 Å². The first-order valence-corrected chi connectivity index (χ1v) is 11.4. The summed E-state index contributed by atoms with van der Waals surface area (Å²) in [6.45, 7) is 3.96. The van der Waals surface area contributed by atoms with Gasteiger partial charge in [-0.05, 0) is 66.6 Å². The van der Waals surface area contributed by atoms with E-state index in [1.807, 2.05) is 6.92 Å². The van der Waals surface area contributed by atoms with Gasteiger partial charge in [-0.1, -0.05) is 19.1 Å². The summed E-state index contributed by atoms with van der Waals surface area (Å²) in [5, 5.41) is 10.9. The van der Waals surface area contributed by atoms with Crippen LogP contribution < -0.4 is 0 Å². The predicted octanol–water partition coefficient (Wildman–Crippen LogP) is 3.84. The fourth-order valence-corrected chi connectivity index (χ4v) is 5.00. The second kappa shape index (κ2) is 8.80. The van der Waals surface area contributed by atoms with Crippen LogP contribution in [0.2, 0.25) is 0 Å². The van der Waals surface area contributed by atoms with Gasteiger partial charge in [0.25, 0.3) is 21.6 Å². The average molecular weight is 446 g/mol. The molecular weight excluding hydrogens is 426 g/mol. The maximum absolute atomic E-state index is 12.7. The highest BCUT2D eigenvalue weighted by molar-refractivity contribution is 8.19. The van der Waals surface area contributed by atoms with E-state index in [0.717, 1.165) is 23.7 Å². The fraction of sp³-hybridized carbons (Fsp3) is 0.200. The molecule has 0 saturated carbocycles. The topological polar surface area (TPSA) is 110 Å². The van der Waals surface area contributed by atoms with E-state index in [1.54, 1.807) is 25.1 Å². The van der Waals surface area contributed by atoms with Gasteiger partial charge in [-0.2, -0.15) is 8.42 Å². The number of rotatable bonds is 6. The molecule has 30 heavy (non-hydrogen) atoms. The lowest BCUT2D eigenvalue weighted by molar-refractivity contribution is -0.384. The number of non-ortho nitro benzene ring substituents is 1. The van der Waals surface area contributed by atoms with Gasteiger partial charge in [-0.15, -0.1) is 4.40 Å². The zero-order valence-corrected chi connectivity index (χ0v) is 17.9. The van der Waals surface area contributed by atoms with Crippen LogP contribution in [0.4, 0.5) is 5.69 Å². The molecule has 0 aromatic heterocycles. The lowest BCUT2D eigenvalue weighted by Gasteiger charge is -2.12. The Morgan fingerprint density at radius 2 is 1.73 bits per heavy atom. The van der Waals surface area contributed by atoms with E-state index in [2.05, 4.69) is 4.40 Å². The summed E-state index contributed by atoms with van der Waals surface area (Å²) in [4.78, 5) is 24.6. The summed E-state index contributed by atoms with van der Waals surface area (Å²) in [7, 11) is -3.98. The first-order valence-electron chi connectivity index (χ1n) is 9.15. The van der Waals surface area contributed by atoms with Crippen LogP contribution in [0.1, 0.15) is 25.0 Å². The van der Waals surface area contributed by atoms with Crippen LogP contribution in [-0.2, 0) is 21.2 Å². The molecule has 1 aliphatic rings. The Balaban J connectivity index is 1.91. The van der Waals surface area contributed by atoms with E-state index in [9.17, 15) is 23.3 Å². The maximum atomic E-state index is 12.7. The van der Waals surface area contributed by atoms with Crippen molar-refractivity contribution in [1.29, 1.82) is 0 Å². The molecule has 0 atom stereocenters. The Morgan fingerprint density at radius 3 is 2.27 bits per heavy atom. The van der Waals surface area contributed by atoms with Gasteiger partial charge in [0.05, 0.1) is 14.7 Å². The maximum Gasteiger partial charge on any atom is 0.284 e. The Bertz CT molecular complexity index is 1140. The molecule has 1 fully saturated rings. The zero-order chi connectivity index (χ0) is 21.9. The fourth-order valence-electron chi connectivity index (χ4n) is 2.75. The molecule has 0 aliphatic carbocycles. The molecule has 1 amide bonds. The standard InChI is InChI=1S/C20H19N3O5S2/c1-3-14-7-11-17(12-8-14)30(27,28)21-20-22(4-2)19(24)18(29-20)13-15-5-9-16(10-6-15)23(25)26/h5-13H,3-4H2,1-2H3/b18-13+,21-20-. The zero-order valence-electron chi connectivity index (χ0n) is 16.3. The highest BCUT2D eigenvalue weighted by Crippen LogP contribution is 2.33. The number of likely N-dealkylation sites (N-methyl/N-ethyl adjacent to an activating group) is 1. The number of thioether (sulfide) groups is 1. The summed E-state index contributed by atoms with van der Waals surface area (Å²) in [5.74, 6) is -0.365. The minimum absolute atomic E-state index is 0.0554. The Hall–Kier alpha value is -2.98. The van der Waals surface area contributed by atoms with Gasteiger partial charge < -0.3 is 0 Å². The number of hydrogen-bond acceptors (Lipinski definition) is 6. The van der Waals surface area contributed by atoms with Gasteiger partial charge in [-0.25, -0.2) is 0 Å². The second-order valence-electron chi connectivity index (χ2n) is 6.36. The Morgan fingerprint density at radius 1 is 1.10 bits per heavy atom. The molecular formula is C20H19N3O5S2. The Labute approximate surface area is 178 Å². The van der Waals surface area contributed by atoms with E-state index in [0.29, 0.717) is 10.5 Å². The van der Waals surface area contributed by atoms with Crippen LogP contribution in [0.25, 0.3) is 6.08 Å². The molecule has 0 radical (unpaired) electrons. The van der Waals surface area contributed by atoms with Crippen LogP contribution in [-0.4, -0.2) is 35.9 Å². The molecule has 2 aromatic carbocycles. The van der Waals surface area contributed by atoms with Gasteiger partial charge in [0.2, 0.25) is 0 Å². The van der Waals surface area contributed by atoms with Crippen molar-refractivity contribution < 1.29 is 18.1 Å². The van der Waals surface area contributed by atoms with E-state index in [4.69, 9.17) is 0 Å². The first-order chi connectivity index (χ1) is 14.2. The summed E-state index contributed by atoms with van der Waals surface area (Å²) in [5.41, 5.74) is 1.54. The van der Waals surface area contributed by atoms with E-state index < -0.39 is 14.9 Å². The molecule has 8 nitrogen and oxygen atoms in total. The van der Waals surface area contributed by atoms with Crippen molar-refractivity contribution in [2.45, 2.75) is 25.2 Å². The third-order valence-corrected chi connectivity index (χ3v) is 6.84. The number of aryl methyl sites for hydroxylation is 1. The van der Waals surface area contributed by atoms with E-state index >= 15 is 0 Å². The van der Waals surface area contributed by atoms with Crippen LogP contribution in [0.3, 0.4) is 0 Å². The normalized spacial score (nSPS) is 17.1. The van der Waals surface area contributed by atoms with Gasteiger partial charge in [-0.3, -0.25) is 19.8 Å². The Kier molecular flexibility index (Phi) is 6.37. The largest absolute Gasteiger partial charge is 0.286 e. The predicted molar refractivity (Wildman–Crippen MR) is 116 cm³/mol. The first kappa shape index (κ1) is 21.7. The molecule has 10 heteroatoms. The van der Waals surface area contributed by atoms with Crippen molar-refractivity contribution in [3.05, 3.63) is 74.7 Å². The SMILES string of the molecule is CCc1ccc(S(=O)(=O)/N=C2\S/C(=C/c3ccc([N+](=O)[O-])cc3)C(=O)N2CC)cc1. The summed E-state index contributed by atoms with van der Waals surface area (Å²) in [6.07, 6.45) is 2.35. The van der Waals surface area contributed by atoms with E-state index in [1.165, 1.54) is 41.3 Å². The van der Waals surface area contributed by atoms with Crippen LogP contribution >= 0.6 is 11.8 Å². The molecule has 1 heterocycles. The minimum atomic E-state index is -3.98. The average Bonchev–Trinajstić information content (AvgIpc) is 3.01. The number of nitro groups is 1. The summed E-state index contributed by atoms with van der Waals surface area (Å²) >= 11 is 0.960. The number of hydrogen-bond donors (Lipinski definition) is 0. The monoisotopic (exact) mass is 445 g/mol. The number of carbonyl (C=O) groups is 1. The highest BCUT2D eigenvalue weighted by atomic mass is 32.2. The van der Waals surface area contributed by atoms with Crippen molar-refractivity contribution in [3.63, 3.8) is 0 Å². The van der Waals surface area contributed by atoms with Crippen molar-refractivity contribution in [2.75, 3.05) is 6.54 Å². The van der Waals surface area contributed by atoms with Crippen molar-refractivity contribution in [2.24, 2.45) is 4.40 Å². The summed E-state index contributed by atoms with van der Waals surface area (Å²) < 4.78 is 29.3. The molecule has 156 valence electrons. The molecule has 0 bridgehead atoms.